The molecule has 2 N–H and O–H groups in total. The van der Waals surface area contributed by atoms with Crippen molar-refractivity contribution in [2.45, 2.75) is 13.8 Å². The van der Waals surface area contributed by atoms with E-state index in [1.54, 1.807) is 0 Å². The number of aryl methyl sites for hydroxylation is 2. The first kappa shape index (κ1) is 18.8. The van der Waals surface area contributed by atoms with E-state index in [2.05, 4.69) is 20.4 Å². The molecule has 1 amide bonds. The molecule has 2 aromatic heterocycles. The summed E-state index contributed by atoms with van der Waals surface area (Å²) >= 11 is 0. The molecule has 0 aliphatic carbocycles. The normalized spacial score (nSPS) is 11.0. The Morgan fingerprint density at radius 2 is 1.52 bits per heavy atom. The van der Waals surface area contributed by atoms with E-state index in [4.69, 9.17) is 4.52 Å². The number of amides is 1. The van der Waals surface area contributed by atoms with Gasteiger partial charge in [0.05, 0.1) is 11.0 Å². The number of hydrogen-bond acceptors (Lipinski definition) is 4. The van der Waals surface area contributed by atoms with Gasteiger partial charge in [-0.2, -0.15) is 0 Å². The van der Waals surface area contributed by atoms with Crippen molar-refractivity contribution in [2.24, 2.45) is 0 Å². The molecular weight excluding hydrogens is 388 g/mol. The van der Waals surface area contributed by atoms with Crippen LogP contribution in [0.15, 0.2) is 77.3 Å². The Bertz CT molecular complexity index is 1280. The largest absolute Gasteiger partial charge is 0.355 e. The summed E-state index contributed by atoms with van der Waals surface area (Å²) in [6.07, 6.45) is 0. The number of H-pyrrole nitrogens is 1. The Kier molecular flexibility index (Phi) is 4.59. The molecule has 0 radical (unpaired) electrons. The molecule has 0 unspecified atom stereocenters. The lowest BCUT2D eigenvalue weighted by Gasteiger charge is -2.06. The smallest absolute Gasteiger partial charge is 0.264 e. The third kappa shape index (κ3) is 3.59. The summed E-state index contributed by atoms with van der Waals surface area (Å²) in [5.41, 5.74) is 6.32. The minimum atomic E-state index is -0.341. The van der Waals surface area contributed by atoms with Gasteiger partial charge >= 0.3 is 0 Å². The number of benzene rings is 3. The van der Waals surface area contributed by atoms with E-state index >= 15 is 0 Å². The lowest BCUT2D eigenvalue weighted by molar-refractivity contribution is 0.102. The quantitative estimate of drug-likeness (QED) is 0.396. The van der Waals surface area contributed by atoms with Crippen LogP contribution in [0, 0.1) is 13.8 Å². The van der Waals surface area contributed by atoms with Crippen molar-refractivity contribution >= 4 is 22.9 Å². The first-order chi connectivity index (χ1) is 15.1. The molecule has 0 aliphatic heterocycles. The number of carbonyl (C=O) groups is 1. The summed E-state index contributed by atoms with van der Waals surface area (Å²) in [7, 11) is 0. The number of hydrogen-bond donors (Lipinski definition) is 2. The van der Waals surface area contributed by atoms with Crippen LogP contribution in [0.4, 0.5) is 5.95 Å². The number of aromatic nitrogens is 3. The lowest BCUT2D eigenvalue weighted by Crippen LogP contribution is -2.14. The summed E-state index contributed by atoms with van der Waals surface area (Å²) in [5.74, 6) is 0.452. The van der Waals surface area contributed by atoms with E-state index in [-0.39, 0.29) is 5.91 Å². The Balaban J connectivity index is 1.59. The number of rotatable bonds is 4. The molecule has 2 heterocycles. The van der Waals surface area contributed by atoms with Crippen molar-refractivity contribution in [3.63, 3.8) is 0 Å². The fourth-order valence-corrected chi connectivity index (χ4v) is 3.49. The van der Waals surface area contributed by atoms with Crippen LogP contribution < -0.4 is 5.32 Å². The number of para-hydroxylation sites is 2. The van der Waals surface area contributed by atoms with Gasteiger partial charge in [0.15, 0.2) is 5.76 Å². The zero-order valence-corrected chi connectivity index (χ0v) is 17.1. The first-order valence-electron chi connectivity index (χ1n) is 9.98. The topological polar surface area (TPSA) is 83.8 Å². The second kappa shape index (κ2) is 7.57. The van der Waals surface area contributed by atoms with E-state index in [1.807, 2.05) is 86.6 Å². The van der Waals surface area contributed by atoms with Gasteiger partial charge in [0.2, 0.25) is 5.95 Å². The molecule has 3 aromatic carbocycles. The van der Waals surface area contributed by atoms with Crippen molar-refractivity contribution in [3.8, 4) is 22.6 Å². The maximum Gasteiger partial charge on any atom is 0.264 e. The SMILES string of the molecule is Cc1ccc(-c2noc(-c3ccc(C)cc3)c2C(=O)Nc2nc3ccccc3[nH]2)cc1. The number of fused-ring (bicyclic) bond motifs is 1. The van der Waals surface area contributed by atoms with Crippen molar-refractivity contribution in [1.29, 1.82) is 0 Å². The maximum absolute atomic E-state index is 13.4. The molecule has 152 valence electrons. The second-order valence-corrected chi connectivity index (χ2v) is 7.52. The summed E-state index contributed by atoms with van der Waals surface area (Å²) < 4.78 is 5.68. The summed E-state index contributed by atoms with van der Waals surface area (Å²) in [6, 6.07) is 23.2. The fourth-order valence-electron chi connectivity index (χ4n) is 3.49. The van der Waals surface area contributed by atoms with Crippen molar-refractivity contribution in [1.82, 2.24) is 15.1 Å². The van der Waals surface area contributed by atoms with Crippen molar-refractivity contribution < 1.29 is 9.32 Å². The Morgan fingerprint density at radius 3 is 2.19 bits per heavy atom. The minimum Gasteiger partial charge on any atom is -0.355 e. The zero-order chi connectivity index (χ0) is 21.4. The van der Waals surface area contributed by atoms with Crippen LogP contribution in [-0.2, 0) is 0 Å². The molecule has 31 heavy (non-hydrogen) atoms. The Morgan fingerprint density at radius 1 is 0.871 bits per heavy atom. The number of imidazole rings is 1. The van der Waals surface area contributed by atoms with Gasteiger partial charge < -0.3 is 9.51 Å². The van der Waals surface area contributed by atoms with E-state index < -0.39 is 0 Å². The number of carbonyl (C=O) groups excluding carboxylic acids is 1. The van der Waals surface area contributed by atoms with Gasteiger partial charge in [0.25, 0.3) is 5.91 Å². The van der Waals surface area contributed by atoms with Crippen LogP contribution in [0.3, 0.4) is 0 Å². The van der Waals surface area contributed by atoms with Crippen LogP contribution in [0.1, 0.15) is 21.5 Å². The first-order valence-corrected chi connectivity index (χ1v) is 9.98. The molecule has 5 rings (SSSR count). The third-order valence-electron chi connectivity index (χ3n) is 5.18. The van der Waals surface area contributed by atoms with E-state index in [1.165, 1.54) is 0 Å². The molecule has 0 atom stereocenters. The lowest BCUT2D eigenvalue weighted by atomic mass is 10.0. The predicted molar refractivity (Wildman–Crippen MR) is 121 cm³/mol. The molecule has 0 bridgehead atoms. The highest BCUT2D eigenvalue weighted by molar-refractivity contribution is 6.11. The van der Waals surface area contributed by atoms with Crippen LogP contribution in [0.25, 0.3) is 33.6 Å². The zero-order valence-electron chi connectivity index (χ0n) is 17.1. The number of anilines is 1. The molecular formula is C25H20N4O2. The van der Waals surface area contributed by atoms with Crippen LogP contribution in [0.5, 0.6) is 0 Å². The van der Waals surface area contributed by atoms with Crippen LogP contribution in [-0.4, -0.2) is 21.0 Å². The van der Waals surface area contributed by atoms with E-state index in [0.29, 0.717) is 23.0 Å². The average Bonchev–Trinajstić information content (AvgIpc) is 3.39. The van der Waals surface area contributed by atoms with Gasteiger partial charge in [-0.1, -0.05) is 76.9 Å². The molecule has 6 nitrogen and oxygen atoms in total. The molecule has 0 spiro atoms. The number of nitrogens with one attached hydrogen (secondary N) is 2. The standard InChI is InChI=1S/C25H20N4O2/c1-15-7-11-17(12-8-15)22-21(23(31-29-22)18-13-9-16(2)10-14-18)24(30)28-25-26-19-5-3-4-6-20(19)27-25/h3-14H,1-2H3,(H2,26,27,28,30). The predicted octanol–water partition coefficient (Wildman–Crippen LogP) is 5.75. The molecule has 0 saturated heterocycles. The fraction of sp³-hybridized carbons (Fsp3) is 0.0800. The third-order valence-corrected chi connectivity index (χ3v) is 5.18. The second-order valence-electron chi connectivity index (χ2n) is 7.52. The number of aromatic amines is 1. The van der Waals surface area contributed by atoms with E-state index in [0.717, 1.165) is 33.3 Å². The Labute approximate surface area is 178 Å². The summed E-state index contributed by atoms with van der Waals surface area (Å²) in [4.78, 5) is 21.0. The summed E-state index contributed by atoms with van der Waals surface area (Å²) in [6.45, 7) is 4.02. The van der Waals surface area contributed by atoms with Gasteiger partial charge in [-0.25, -0.2) is 4.98 Å². The highest BCUT2D eigenvalue weighted by Gasteiger charge is 2.26. The molecule has 0 aliphatic rings. The van der Waals surface area contributed by atoms with Crippen molar-refractivity contribution in [3.05, 3.63) is 89.5 Å². The monoisotopic (exact) mass is 408 g/mol. The molecule has 5 aromatic rings. The summed E-state index contributed by atoms with van der Waals surface area (Å²) in [5, 5.41) is 7.13. The molecule has 6 heteroatoms. The van der Waals surface area contributed by atoms with Gasteiger partial charge in [-0.05, 0) is 26.0 Å². The highest BCUT2D eigenvalue weighted by Crippen LogP contribution is 2.33. The maximum atomic E-state index is 13.4. The van der Waals surface area contributed by atoms with Gasteiger partial charge in [0, 0.05) is 11.1 Å². The minimum absolute atomic E-state index is 0.341. The van der Waals surface area contributed by atoms with Gasteiger partial charge in [0.1, 0.15) is 11.3 Å². The van der Waals surface area contributed by atoms with Gasteiger partial charge in [-0.3, -0.25) is 10.1 Å². The Hall–Kier alpha value is -4.19. The van der Waals surface area contributed by atoms with Crippen molar-refractivity contribution in [2.75, 3.05) is 5.32 Å². The average molecular weight is 408 g/mol. The van der Waals surface area contributed by atoms with Crippen LogP contribution >= 0.6 is 0 Å². The number of nitrogens with zero attached hydrogens (tertiary/aromatic N) is 2. The van der Waals surface area contributed by atoms with Gasteiger partial charge in [-0.15, -0.1) is 0 Å². The van der Waals surface area contributed by atoms with Crippen LogP contribution in [0.2, 0.25) is 0 Å². The highest BCUT2D eigenvalue weighted by atomic mass is 16.5. The van der Waals surface area contributed by atoms with E-state index in [9.17, 15) is 4.79 Å². The molecule has 0 fully saturated rings. The molecule has 0 saturated carbocycles.